The van der Waals surface area contributed by atoms with Crippen molar-refractivity contribution in [2.45, 2.75) is 19.6 Å². The Hall–Kier alpha value is -2.90. The van der Waals surface area contributed by atoms with Gasteiger partial charge in [-0.15, -0.1) is 0 Å². The molecule has 1 aliphatic heterocycles. The molecule has 0 radical (unpaired) electrons. The first-order valence-corrected chi connectivity index (χ1v) is 9.66. The number of nitrogens with zero attached hydrogens (tertiary/aromatic N) is 2. The van der Waals surface area contributed by atoms with Crippen LogP contribution >= 0.6 is 15.9 Å². The van der Waals surface area contributed by atoms with Gasteiger partial charge in [0.1, 0.15) is 0 Å². The Bertz CT molecular complexity index is 1040. The number of hydroxylamine groups is 1. The molecule has 0 saturated heterocycles. The van der Waals surface area contributed by atoms with Crippen molar-refractivity contribution in [2.75, 3.05) is 5.32 Å². The van der Waals surface area contributed by atoms with Gasteiger partial charge in [0.05, 0.1) is 12.2 Å². The fraction of sp³-hybridized carbons (Fsp3) is 0.143. The molecular formula is C21H19BrN4O2. The molecule has 28 heavy (non-hydrogen) atoms. The predicted molar refractivity (Wildman–Crippen MR) is 111 cm³/mol. The number of rotatable bonds is 5. The van der Waals surface area contributed by atoms with Crippen LogP contribution in [0.2, 0.25) is 0 Å². The van der Waals surface area contributed by atoms with Crippen molar-refractivity contribution in [3.8, 4) is 0 Å². The lowest BCUT2D eigenvalue weighted by atomic mass is 10.1. The van der Waals surface area contributed by atoms with E-state index in [2.05, 4.69) is 50.9 Å². The summed E-state index contributed by atoms with van der Waals surface area (Å²) in [5, 5.41) is 7.23. The number of hydrogen-bond acceptors (Lipinski definition) is 4. The first kappa shape index (κ1) is 18.5. The van der Waals surface area contributed by atoms with E-state index in [0.717, 1.165) is 15.7 Å². The number of hydrogen-bond donors (Lipinski definition) is 2. The van der Waals surface area contributed by atoms with Gasteiger partial charge in [-0.05, 0) is 36.3 Å². The third kappa shape index (κ3) is 4.16. The van der Waals surface area contributed by atoms with Crippen LogP contribution in [-0.2, 0) is 16.2 Å². The topological polar surface area (TPSA) is 68.2 Å². The molecule has 1 aromatic heterocycles. The molecule has 0 unspecified atom stereocenters. The third-order valence-corrected chi connectivity index (χ3v) is 4.99. The lowest BCUT2D eigenvalue weighted by molar-refractivity contribution is -0.125. The molecule has 0 bridgehead atoms. The number of aryl methyl sites for hydroxylation is 1. The summed E-state index contributed by atoms with van der Waals surface area (Å²) in [6.07, 6.45) is 2.87. The van der Waals surface area contributed by atoms with E-state index >= 15 is 0 Å². The van der Waals surface area contributed by atoms with Crippen molar-refractivity contribution in [3.63, 3.8) is 0 Å². The number of carbonyl (C=O) groups excluding carboxylic acids is 1. The van der Waals surface area contributed by atoms with Crippen molar-refractivity contribution in [1.29, 1.82) is 0 Å². The van der Waals surface area contributed by atoms with Gasteiger partial charge in [-0.1, -0.05) is 52.3 Å². The van der Waals surface area contributed by atoms with Crippen LogP contribution in [0.4, 0.5) is 5.82 Å². The molecule has 2 aromatic carbocycles. The molecule has 142 valence electrons. The Morgan fingerprint density at radius 3 is 2.93 bits per heavy atom. The highest BCUT2D eigenvalue weighted by Crippen LogP contribution is 2.22. The summed E-state index contributed by atoms with van der Waals surface area (Å²) in [5.41, 5.74) is 6.90. The molecule has 4 rings (SSSR count). The molecule has 0 fully saturated rings. The number of halogens is 1. The van der Waals surface area contributed by atoms with E-state index in [1.807, 2.05) is 42.6 Å². The third-order valence-electron chi connectivity index (χ3n) is 4.49. The summed E-state index contributed by atoms with van der Waals surface area (Å²) in [5.74, 6) is 0.213. The quantitative estimate of drug-likeness (QED) is 0.633. The lowest BCUT2D eigenvalue weighted by Crippen LogP contribution is -2.28. The Morgan fingerprint density at radius 1 is 1.25 bits per heavy atom. The molecule has 2 heterocycles. The summed E-state index contributed by atoms with van der Waals surface area (Å²) < 4.78 is 2.76. The van der Waals surface area contributed by atoms with Crippen LogP contribution in [0.3, 0.4) is 0 Å². The molecule has 0 aliphatic carbocycles. The Labute approximate surface area is 171 Å². The number of anilines is 1. The number of amides is 1. The summed E-state index contributed by atoms with van der Waals surface area (Å²) in [7, 11) is 0. The highest BCUT2D eigenvalue weighted by atomic mass is 79.9. The first-order chi connectivity index (χ1) is 13.6. The van der Waals surface area contributed by atoms with Crippen LogP contribution in [0.5, 0.6) is 0 Å². The van der Waals surface area contributed by atoms with E-state index in [1.165, 1.54) is 11.1 Å². The predicted octanol–water partition coefficient (Wildman–Crippen LogP) is 3.89. The molecule has 3 aromatic rings. The zero-order valence-corrected chi connectivity index (χ0v) is 16.8. The molecule has 1 amide bonds. The van der Waals surface area contributed by atoms with Gasteiger partial charge in [0.25, 0.3) is 5.91 Å². The fourth-order valence-corrected chi connectivity index (χ4v) is 3.36. The maximum absolute atomic E-state index is 12.5. The number of benzene rings is 2. The minimum Gasteiger partial charge on any atom is -0.307 e. The van der Waals surface area contributed by atoms with Crippen LogP contribution in [0.25, 0.3) is 5.70 Å². The molecule has 2 N–H and O–H groups in total. The number of carbonyl (C=O) groups is 1. The van der Waals surface area contributed by atoms with Crippen molar-refractivity contribution in [3.05, 3.63) is 88.0 Å². The van der Waals surface area contributed by atoms with E-state index in [-0.39, 0.29) is 5.91 Å². The maximum atomic E-state index is 12.5. The van der Waals surface area contributed by atoms with E-state index < -0.39 is 6.10 Å². The van der Waals surface area contributed by atoms with E-state index in [1.54, 1.807) is 16.8 Å². The van der Waals surface area contributed by atoms with Gasteiger partial charge in [0.2, 0.25) is 0 Å². The molecule has 6 nitrogen and oxygen atoms in total. The summed E-state index contributed by atoms with van der Waals surface area (Å²) in [6, 6.07) is 17.7. The van der Waals surface area contributed by atoms with Crippen LogP contribution in [0.15, 0.2) is 71.3 Å². The Balaban J connectivity index is 1.41. The van der Waals surface area contributed by atoms with Gasteiger partial charge < -0.3 is 5.32 Å². The average Bonchev–Trinajstić information content (AvgIpc) is 3.33. The van der Waals surface area contributed by atoms with Crippen LogP contribution in [0.1, 0.15) is 16.7 Å². The highest BCUT2D eigenvalue weighted by Gasteiger charge is 2.25. The summed E-state index contributed by atoms with van der Waals surface area (Å²) in [6.45, 7) is 2.72. The molecule has 0 saturated carbocycles. The molecule has 7 heteroatoms. The van der Waals surface area contributed by atoms with E-state index in [9.17, 15) is 4.79 Å². The van der Waals surface area contributed by atoms with Gasteiger partial charge >= 0.3 is 0 Å². The van der Waals surface area contributed by atoms with Crippen molar-refractivity contribution < 1.29 is 9.63 Å². The van der Waals surface area contributed by atoms with Gasteiger partial charge in [-0.2, -0.15) is 5.10 Å². The van der Waals surface area contributed by atoms with E-state index in [0.29, 0.717) is 12.4 Å². The Morgan fingerprint density at radius 2 is 2.11 bits per heavy atom. The summed E-state index contributed by atoms with van der Waals surface area (Å²) in [4.78, 5) is 17.9. The second-order valence-corrected chi connectivity index (χ2v) is 7.46. The lowest BCUT2D eigenvalue weighted by Gasteiger charge is -2.07. The second kappa shape index (κ2) is 8.00. The largest absolute Gasteiger partial charge is 0.307 e. The maximum Gasteiger partial charge on any atom is 0.261 e. The van der Waals surface area contributed by atoms with Crippen molar-refractivity contribution >= 4 is 33.4 Å². The minimum atomic E-state index is -0.726. The SMILES string of the molecule is Cc1ccccc1Cn1ccc(NC(=O)[C@H]2C=C(c3cccc(Br)c3)NO2)n1. The normalized spacial score (nSPS) is 15.8. The van der Waals surface area contributed by atoms with Gasteiger partial charge in [-0.3, -0.25) is 19.8 Å². The fourth-order valence-electron chi connectivity index (χ4n) is 2.96. The van der Waals surface area contributed by atoms with Crippen LogP contribution in [-0.4, -0.2) is 21.8 Å². The second-order valence-electron chi connectivity index (χ2n) is 6.55. The van der Waals surface area contributed by atoms with Gasteiger partial charge in [0.15, 0.2) is 11.9 Å². The Kier molecular flexibility index (Phi) is 5.27. The first-order valence-electron chi connectivity index (χ1n) is 8.87. The van der Waals surface area contributed by atoms with Crippen molar-refractivity contribution in [1.82, 2.24) is 15.3 Å². The minimum absolute atomic E-state index is 0.279. The number of nitrogens with one attached hydrogen (secondary N) is 2. The smallest absolute Gasteiger partial charge is 0.261 e. The van der Waals surface area contributed by atoms with Crippen molar-refractivity contribution in [2.24, 2.45) is 0 Å². The summed E-state index contributed by atoms with van der Waals surface area (Å²) >= 11 is 3.44. The average molecular weight is 439 g/mol. The number of aromatic nitrogens is 2. The zero-order valence-electron chi connectivity index (χ0n) is 15.2. The van der Waals surface area contributed by atoms with Crippen LogP contribution in [0, 0.1) is 6.92 Å². The standard InChI is InChI=1S/C21H19BrN4O2/c1-14-5-2-3-6-16(14)13-26-10-9-20(24-26)23-21(27)19-12-18(25-28-19)15-7-4-8-17(22)11-15/h2-12,19,25H,13H2,1H3,(H,23,24,27)/t19-/m1/s1. The van der Waals surface area contributed by atoms with Crippen LogP contribution < -0.4 is 10.8 Å². The molecule has 1 atom stereocenters. The highest BCUT2D eigenvalue weighted by molar-refractivity contribution is 9.10. The zero-order chi connectivity index (χ0) is 19.5. The van der Waals surface area contributed by atoms with Gasteiger partial charge in [0, 0.05) is 22.3 Å². The molecule has 1 aliphatic rings. The monoisotopic (exact) mass is 438 g/mol. The molecule has 0 spiro atoms. The van der Waals surface area contributed by atoms with E-state index in [4.69, 9.17) is 4.84 Å². The van der Waals surface area contributed by atoms with Gasteiger partial charge in [-0.25, -0.2) is 0 Å². The molecular weight excluding hydrogens is 420 g/mol.